The average Bonchev–Trinajstić information content (AvgIpc) is 2.60. The highest BCUT2D eigenvalue weighted by Gasteiger charge is 2.18. The monoisotopic (exact) mass is 369 g/mol. The number of fused-ring (bicyclic) bond motifs is 1. The molecule has 0 fully saturated rings. The fourth-order valence-corrected chi connectivity index (χ4v) is 2.81. The van der Waals surface area contributed by atoms with E-state index >= 15 is 0 Å². The van der Waals surface area contributed by atoms with Gasteiger partial charge in [-0.1, -0.05) is 0 Å². The topological polar surface area (TPSA) is 80.2 Å². The Morgan fingerprint density at radius 3 is 2.52 bits per heavy atom. The lowest BCUT2D eigenvalue weighted by atomic mass is 10.1. The summed E-state index contributed by atoms with van der Waals surface area (Å²) in [5.41, 5.74) is 2.50. The molecular formula is C19H20FN5O2. The van der Waals surface area contributed by atoms with Gasteiger partial charge in [-0.3, -0.25) is 4.79 Å². The molecule has 0 atom stereocenters. The van der Waals surface area contributed by atoms with Crippen LogP contribution in [0, 0.1) is 19.7 Å². The minimum Gasteiger partial charge on any atom is -0.494 e. The number of hydrogen-bond acceptors (Lipinski definition) is 6. The van der Waals surface area contributed by atoms with E-state index in [-0.39, 0.29) is 17.3 Å². The number of benzene rings is 1. The Bertz CT molecular complexity index is 1040. The zero-order chi connectivity index (χ0) is 19.7. The molecule has 1 aromatic carbocycles. The van der Waals surface area contributed by atoms with E-state index in [1.54, 1.807) is 11.0 Å². The number of anilines is 2. The minimum atomic E-state index is -0.573. The summed E-state index contributed by atoms with van der Waals surface area (Å²) in [4.78, 5) is 27.6. The highest BCUT2D eigenvalue weighted by molar-refractivity contribution is 6.03. The smallest absolute Gasteiger partial charge is 0.293 e. The van der Waals surface area contributed by atoms with Crippen LogP contribution < -0.4 is 15.0 Å². The molecule has 0 bridgehead atoms. The highest BCUT2D eigenvalue weighted by Crippen LogP contribution is 2.26. The van der Waals surface area contributed by atoms with E-state index in [9.17, 15) is 9.18 Å². The molecule has 27 heavy (non-hydrogen) atoms. The highest BCUT2D eigenvalue weighted by atomic mass is 19.1. The molecule has 0 aliphatic carbocycles. The van der Waals surface area contributed by atoms with Crippen LogP contribution in [0.4, 0.5) is 15.9 Å². The van der Waals surface area contributed by atoms with Gasteiger partial charge in [0.1, 0.15) is 5.82 Å². The van der Waals surface area contributed by atoms with E-state index in [2.05, 4.69) is 20.3 Å². The lowest BCUT2D eigenvalue weighted by Gasteiger charge is -2.16. The van der Waals surface area contributed by atoms with Crippen LogP contribution in [0.2, 0.25) is 0 Å². The Labute approximate surface area is 156 Å². The molecule has 0 saturated carbocycles. The molecule has 2 aromatic heterocycles. The number of nitrogens with one attached hydrogen (secondary N) is 1. The van der Waals surface area contributed by atoms with Gasteiger partial charge in [-0.2, -0.15) is 0 Å². The van der Waals surface area contributed by atoms with Crippen LogP contribution in [0.25, 0.3) is 11.0 Å². The molecule has 0 radical (unpaired) electrons. The lowest BCUT2D eigenvalue weighted by molar-refractivity contribution is 0.101. The fourth-order valence-electron chi connectivity index (χ4n) is 2.81. The molecule has 0 saturated heterocycles. The van der Waals surface area contributed by atoms with Gasteiger partial charge in [0.2, 0.25) is 5.82 Å². The second-order valence-electron chi connectivity index (χ2n) is 6.35. The normalized spacial score (nSPS) is 10.7. The molecule has 7 nitrogen and oxygen atoms in total. The predicted octanol–water partition coefficient (Wildman–Crippen LogP) is 3.11. The van der Waals surface area contributed by atoms with Crippen molar-refractivity contribution in [3.63, 3.8) is 0 Å². The number of pyridine rings is 1. The Balaban J connectivity index is 2.03. The number of rotatable bonds is 4. The predicted molar refractivity (Wildman–Crippen MR) is 102 cm³/mol. The van der Waals surface area contributed by atoms with Crippen molar-refractivity contribution < 1.29 is 13.9 Å². The van der Waals surface area contributed by atoms with Crippen LogP contribution in [-0.2, 0) is 0 Å². The third-order valence-corrected chi connectivity index (χ3v) is 4.01. The van der Waals surface area contributed by atoms with Gasteiger partial charge < -0.3 is 15.0 Å². The van der Waals surface area contributed by atoms with Crippen molar-refractivity contribution in [3.05, 3.63) is 47.2 Å². The van der Waals surface area contributed by atoms with Gasteiger partial charge in [0.05, 0.1) is 12.5 Å². The number of carbonyl (C=O) groups is 1. The number of aryl methyl sites for hydroxylation is 2. The maximum atomic E-state index is 13.8. The fraction of sp³-hybridized carbons (Fsp3) is 0.263. The Morgan fingerprint density at radius 2 is 1.89 bits per heavy atom. The van der Waals surface area contributed by atoms with E-state index in [1.807, 2.05) is 34.0 Å². The van der Waals surface area contributed by atoms with E-state index in [4.69, 9.17) is 4.74 Å². The number of aromatic nitrogens is 3. The molecule has 0 aliphatic heterocycles. The maximum Gasteiger partial charge on any atom is 0.293 e. The number of nitrogens with zero attached hydrogens (tertiary/aromatic N) is 4. The summed E-state index contributed by atoms with van der Waals surface area (Å²) >= 11 is 0. The van der Waals surface area contributed by atoms with Gasteiger partial charge in [0, 0.05) is 31.5 Å². The maximum absolute atomic E-state index is 13.8. The van der Waals surface area contributed by atoms with Gasteiger partial charge in [-0.15, -0.1) is 0 Å². The Morgan fingerprint density at radius 1 is 1.15 bits per heavy atom. The lowest BCUT2D eigenvalue weighted by Crippen LogP contribution is -2.20. The third-order valence-electron chi connectivity index (χ3n) is 4.01. The number of ether oxygens (including phenoxy) is 1. The summed E-state index contributed by atoms with van der Waals surface area (Å²) < 4.78 is 18.7. The summed E-state index contributed by atoms with van der Waals surface area (Å²) in [6.07, 6.45) is 0. The van der Waals surface area contributed by atoms with Gasteiger partial charge >= 0.3 is 0 Å². The second-order valence-corrected chi connectivity index (χ2v) is 6.35. The van der Waals surface area contributed by atoms with Crippen LogP contribution >= 0.6 is 0 Å². The molecule has 2 heterocycles. The average molecular weight is 369 g/mol. The quantitative estimate of drug-likeness (QED) is 0.761. The molecule has 140 valence electrons. The van der Waals surface area contributed by atoms with Crippen molar-refractivity contribution in [1.82, 2.24) is 15.0 Å². The van der Waals surface area contributed by atoms with Crippen LogP contribution in [0.15, 0.2) is 24.3 Å². The molecule has 3 rings (SSSR count). The Kier molecular flexibility index (Phi) is 4.89. The minimum absolute atomic E-state index is 0.0417. The van der Waals surface area contributed by atoms with Crippen molar-refractivity contribution in [1.29, 1.82) is 0 Å². The number of amides is 1. The zero-order valence-electron chi connectivity index (χ0n) is 15.8. The molecule has 1 amide bonds. The van der Waals surface area contributed by atoms with Crippen LogP contribution in [0.1, 0.15) is 21.9 Å². The molecule has 1 N–H and O–H groups in total. The summed E-state index contributed by atoms with van der Waals surface area (Å²) in [6.45, 7) is 3.82. The first-order valence-electron chi connectivity index (χ1n) is 8.28. The molecule has 8 heteroatoms. The largest absolute Gasteiger partial charge is 0.494 e. The zero-order valence-corrected chi connectivity index (χ0v) is 15.8. The van der Waals surface area contributed by atoms with Gasteiger partial charge in [0.15, 0.2) is 17.2 Å². The van der Waals surface area contributed by atoms with Crippen molar-refractivity contribution >= 4 is 28.4 Å². The molecule has 0 spiro atoms. The van der Waals surface area contributed by atoms with Crippen molar-refractivity contribution in [3.8, 4) is 5.75 Å². The first-order chi connectivity index (χ1) is 12.8. The SMILES string of the molecule is COc1ccc(NC(=O)c2nc(N(C)C)c3c(C)cc(C)nc3n2)cc1F. The number of halogens is 1. The number of carbonyl (C=O) groups excluding carboxylic acids is 1. The summed E-state index contributed by atoms with van der Waals surface area (Å²) in [6, 6.07) is 6.10. The van der Waals surface area contributed by atoms with E-state index in [0.29, 0.717) is 11.5 Å². The van der Waals surface area contributed by atoms with Crippen LogP contribution in [-0.4, -0.2) is 42.1 Å². The first kappa shape index (κ1) is 18.5. The van der Waals surface area contributed by atoms with Gasteiger partial charge in [-0.05, 0) is 37.6 Å². The van der Waals surface area contributed by atoms with Crippen molar-refractivity contribution in [2.24, 2.45) is 0 Å². The third kappa shape index (κ3) is 3.64. The standard InChI is InChI=1S/C19H20FN5O2/c1-10-8-11(2)21-16-15(10)18(25(3)4)24-17(23-16)19(26)22-12-6-7-14(27-5)13(20)9-12/h6-9H,1-5H3,(H,22,26). The van der Waals surface area contributed by atoms with Crippen LogP contribution in [0.5, 0.6) is 5.75 Å². The van der Waals surface area contributed by atoms with Gasteiger partial charge in [-0.25, -0.2) is 19.3 Å². The molecular weight excluding hydrogens is 349 g/mol. The summed E-state index contributed by atoms with van der Waals surface area (Å²) in [5.74, 6) is -0.474. The number of hydrogen-bond donors (Lipinski definition) is 1. The Hall–Kier alpha value is -3.29. The van der Waals surface area contributed by atoms with Crippen molar-refractivity contribution in [2.75, 3.05) is 31.4 Å². The number of methoxy groups -OCH3 is 1. The van der Waals surface area contributed by atoms with E-state index < -0.39 is 11.7 Å². The van der Waals surface area contributed by atoms with Gasteiger partial charge in [0.25, 0.3) is 5.91 Å². The van der Waals surface area contributed by atoms with E-state index in [0.717, 1.165) is 16.6 Å². The summed E-state index contributed by atoms with van der Waals surface area (Å²) in [7, 11) is 5.04. The van der Waals surface area contributed by atoms with Crippen LogP contribution in [0.3, 0.4) is 0 Å². The first-order valence-corrected chi connectivity index (χ1v) is 8.28. The van der Waals surface area contributed by atoms with Crippen molar-refractivity contribution in [2.45, 2.75) is 13.8 Å². The molecule has 3 aromatic rings. The summed E-state index contributed by atoms with van der Waals surface area (Å²) in [5, 5.41) is 3.39. The molecule has 0 aliphatic rings. The molecule has 0 unspecified atom stereocenters. The second kappa shape index (κ2) is 7.14. The van der Waals surface area contributed by atoms with E-state index in [1.165, 1.54) is 19.2 Å².